The number of aromatic nitrogens is 1. The Morgan fingerprint density at radius 1 is 1.25 bits per heavy atom. The Hall–Kier alpha value is -2.03. The van der Waals surface area contributed by atoms with Crippen LogP contribution < -0.4 is 11.1 Å². The monoisotopic (exact) mass is 213 g/mol. The first-order valence-electron chi connectivity index (χ1n) is 5.25. The fraction of sp³-hybridized carbons (Fsp3) is 0.154. The van der Waals surface area contributed by atoms with E-state index in [9.17, 15) is 0 Å². The van der Waals surface area contributed by atoms with E-state index in [4.69, 9.17) is 5.73 Å². The molecule has 0 unspecified atom stereocenters. The molecule has 16 heavy (non-hydrogen) atoms. The van der Waals surface area contributed by atoms with Crippen LogP contribution in [0.25, 0.3) is 0 Å². The molecule has 0 saturated heterocycles. The highest BCUT2D eigenvalue weighted by Crippen LogP contribution is 2.14. The van der Waals surface area contributed by atoms with Crippen molar-refractivity contribution in [1.29, 1.82) is 0 Å². The van der Waals surface area contributed by atoms with E-state index in [-0.39, 0.29) is 0 Å². The van der Waals surface area contributed by atoms with Crippen molar-refractivity contribution < 1.29 is 0 Å². The Labute approximate surface area is 95.3 Å². The van der Waals surface area contributed by atoms with Crippen molar-refractivity contribution in [3.05, 3.63) is 53.7 Å². The first kappa shape index (κ1) is 10.5. The number of hydrogen-bond acceptors (Lipinski definition) is 3. The Bertz CT molecular complexity index is 466. The number of hydrogen-bond donors (Lipinski definition) is 2. The number of anilines is 2. The molecule has 0 saturated carbocycles. The zero-order chi connectivity index (χ0) is 11.4. The Kier molecular flexibility index (Phi) is 3.05. The van der Waals surface area contributed by atoms with Crippen molar-refractivity contribution in [3.8, 4) is 0 Å². The van der Waals surface area contributed by atoms with E-state index in [1.165, 1.54) is 5.56 Å². The third kappa shape index (κ3) is 2.51. The fourth-order valence-corrected chi connectivity index (χ4v) is 1.56. The number of benzene rings is 1. The van der Waals surface area contributed by atoms with Gasteiger partial charge in [-0.05, 0) is 24.1 Å². The molecular weight excluding hydrogens is 198 g/mol. The van der Waals surface area contributed by atoms with E-state index < -0.39 is 0 Å². The summed E-state index contributed by atoms with van der Waals surface area (Å²) in [6, 6.07) is 12.1. The molecule has 3 N–H and O–H groups in total. The van der Waals surface area contributed by atoms with Crippen LogP contribution in [0.1, 0.15) is 11.1 Å². The summed E-state index contributed by atoms with van der Waals surface area (Å²) in [5.41, 5.74) is 8.64. The van der Waals surface area contributed by atoms with Gasteiger partial charge in [0.1, 0.15) is 5.82 Å². The summed E-state index contributed by atoms with van der Waals surface area (Å²) in [5.74, 6) is 0.887. The van der Waals surface area contributed by atoms with Gasteiger partial charge in [0.15, 0.2) is 0 Å². The molecule has 2 rings (SSSR count). The quantitative estimate of drug-likeness (QED) is 0.824. The van der Waals surface area contributed by atoms with E-state index in [0.717, 1.165) is 17.9 Å². The van der Waals surface area contributed by atoms with Crippen LogP contribution in [0.15, 0.2) is 42.6 Å². The molecule has 1 aromatic heterocycles. The number of pyridine rings is 1. The minimum atomic E-state index is 0.697. The van der Waals surface area contributed by atoms with Crippen LogP contribution in [0.4, 0.5) is 11.5 Å². The molecule has 0 amide bonds. The second-order valence-electron chi connectivity index (χ2n) is 3.77. The minimum absolute atomic E-state index is 0.697. The van der Waals surface area contributed by atoms with Crippen molar-refractivity contribution in [2.45, 2.75) is 13.5 Å². The molecule has 0 aliphatic carbocycles. The summed E-state index contributed by atoms with van der Waals surface area (Å²) < 4.78 is 0. The average Bonchev–Trinajstić information content (AvgIpc) is 2.29. The fourth-order valence-electron chi connectivity index (χ4n) is 1.56. The Morgan fingerprint density at radius 3 is 2.69 bits per heavy atom. The zero-order valence-corrected chi connectivity index (χ0v) is 9.27. The van der Waals surface area contributed by atoms with Gasteiger partial charge in [0, 0.05) is 6.54 Å². The number of nitrogens with two attached hydrogens (primary N) is 1. The van der Waals surface area contributed by atoms with Crippen molar-refractivity contribution >= 4 is 11.5 Å². The van der Waals surface area contributed by atoms with E-state index in [1.807, 2.05) is 31.2 Å². The van der Waals surface area contributed by atoms with Crippen molar-refractivity contribution in [2.24, 2.45) is 0 Å². The largest absolute Gasteiger partial charge is 0.397 e. The second-order valence-corrected chi connectivity index (χ2v) is 3.77. The molecule has 0 bridgehead atoms. The maximum Gasteiger partial charge on any atom is 0.129 e. The SMILES string of the molecule is Cc1cc(N)cnc1NCc1ccccc1. The molecule has 0 spiro atoms. The van der Waals surface area contributed by atoms with E-state index in [0.29, 0.717) is 5.69 Å². The summed E-state index contributed by atoms with van der Waals surface area (Å²) in [7, 11) is 0. The molecule has 0 radical (unpaired) electrons. The number of rotatable bonds is 3. The van der Waals surface area contributed by atoms with Gasteiger partial charge in [0.25, 0.3) is 0 Å². The topological polar surface area (TPSA) is 50.9 Å². The third-order valence-electron chi connectivity index (χ3n) is 2.40. The molecule has 0 aliphatic rings. The lowest BCUT2D eigenvalue weighted by Crippen LogP contribution is -2.03. The lowest BCUT2D eigenvalue weighted by molar-refractivity contribution is 1.10. The third-order valence-corrected chi connectivity index (χ3v) is 2.40. The number of nitrogen functional groups attached to an aromatic ring is 1. The van der Waals surface area contributed by atoms with Crippen LogP contribution in [-0.2, 0) is 6.54 Å². The summed E-state index contributed by atoms with van der Waals surface area (Å²) in [6.07, 6.45) is 1.67. The minimum Gasteiger partial charge on any atom is -0.397 e. The molecule has 3 nitrogen and oxygen atoms in total. The average molecular weight is 213 g/mol. The number of nitrogens with one attached hydrogen (secondary N) is 1. The van der Waals surface area contributed by atoms with Crippen LogP contribution in [0.3, 0.4) is 0 Å². The first-order valence-corrected chi connectivity index (χ1v) is 5.25. The Balaban J connectivity index is 2.05. The normalized spacial score (nSPS) is 10.1. The van der Waals surface area contributed by atoms with Crippen LogP contribution in [-0.4, -0.2) is 4.98 Å². The highest BCUT2D eigenvalue weighted by Gasteiger charge is 1.99. The molecule has 2 aromatic rings. The summed E-state index contributed by atoms with van der Waals surface area (Å²) >= 11 is 0. The Morgan fingerprint density at radius 2 is 2.00 bits per heavy atom. The molecule has 1 heterocycles. The summed E-state index contributed by atoms with van der Waals surface area (Å²) in [5, 5.41) is 3.29. The van der Waals surface area contributed by atoms with E-state index in [1.54, 1.807) is 6.20 Å². The second kappa shape index (κ2) is 4.66. The predicted molar refractivity (Wildman–Crippen MR) is 67.2 cm³/mol. The van der Waals surface area contributed by atoms with Crippen LogP contribution in [0.2, 0.25) is 0 Å². The van der Waals surface area contributed by atoms with Crippen molar-refractivity contribution in [3.63, 3.8) is 0 Å². The van der Waals surface area contributed by atoms with E-state index in [2.05, 4.69) is 22.4 Å². The smallest absolute Gasteiger partial charge is 0.129 e. The highest BCUT2D eigenvalue weighted by atomic mass is 15.0. The van der Waals surface area contributed by atoms with Crippen LogP contribution in [0.5, 0.6) is 0 Å². The van der Waals surface area contributed by atoms with E-state index >= 15 is 0 Å². The van der Waals surface area contributed by atoms with Crippen LogP contribution in [0, 0.1) is 6.92 Å². The first-order chi connectivity index (χ1) is 7.75. The maximum atomic E-state index is 5.64. The van der Waals surface area contributed by atoms with Gasteiger partial charge in [-0.2, -0.15) is 0 Å². The standard InChI is InChI=1S/C13H15N3/c1-10-7-12(14)9-16-13(10)15-8-11-5-3-2-4-6-11/h2-7,9H,8,14H2,1H3,(H,15,16). The number of aryl methyl sites for hydroxylation is 1. The molecule has 82 valence electrons. The van der Waals surface area contributed by atoms with Gasteiger partial charge in [-0.3, -0.25) is 0 Å². The van der Waals surface area contributed by atoms with Crippen molar-refractivity contribution in [2.75, 3.05) is 11.1 Å². The summed E-state index contributed by atoms with van der Waals surface area (Å²) in [6.45, 7) is 2.77. The lowest BCUT2D eigenvalue weighted by atomic mass is 10.2. The van der Waals surface area contributed by atoms with Gasteiger partial charge in [-0.15, -0.1) is 0 Å². The molecule has 0 atom stereocenters. The maximum absolute atomic E-state index is 5.64. The zero-order valence-electron chi connectivity index (χ0n) is 9.27. The molecule has 0 fully saturated rings. The molecule has 3 heteroatoms. The van der Waals surface area contributed by atoms with Gasteiger partial charge < -0.3 is 11.1 Å². The predicted octanol–water partition coefficient (Wildman–Crippen LogP) is 2.58. The van der Waals surface area contributed by atoms with Gasteiger partial charge in [-0.1, -0.05) is 30.3 Å². The van der Waals surface area contributed by atoms with Crippen molar-refractivity contribution in [1.82, 2.24) is 4.98 Å². The number of nitrogens with zero attached hydrogens (tertiary/aromatic N) is 1. The van der Waals surface area contributed by atoms with Gasteiger partial charge in [0.2, 0.25) is 0 Å². The molecule has 0 aliphatic heterocycles. The molecular formula is C13H15N3. The van der Waals surface area contributed by atoms with Gasteiger partial charge in [-0.25, -0.2) is 4.98 Å². The highest BCUT2D eigenvalue weighted by molar-refractivity contribution is 5.50. The van der Waals surface area contributed by atoms with Gasteiger partial charge in [0.05, 0.1) is 11.9 Å². The summed E-state index contributed by atoms with van der Waals surface area (Å²) in [4.78, 5) is 4.26. The van der Waals surface area contributed by atoms with Crippen LogP contribution >= 0.6 is 0 Å². The molecule has 1 aromatic carbocycles. The lowest BCUT2D eigenvalue weighted by Gasteiger charge is -2.08. The van der Waals surface area contributed by atoms with Gasteiger partial charge >= 0.3 is 0 Å².